The number of rotatable bonds is 2. The summed E-state index contributed by atoms with van der Waals surface area (Å²) in [5.74, 6) is 0. The maximum absolute atomic E-state index is 6.97. The number of nitrogens with one attached hydrogen (secondary N) is 3. The molecule has 0 fully saturated rings. The first-order chi connectivity index (χ1) is 4.88. The van der Waals surface area contributed by atoms with Crippen LogP contribution < -0.4 is 10.6 Å². The van der Waals surface area contributed by atoms with Crippen molar-refractivity contribution in [3.8, 4) is 0 Å². The average Bonchev–Trinajstić information content (AvgIpc) is 2.04. The first-order valence-electron chi connectivity index (χ1n) is 3.05. The van der Waals surface area contributed by atoms with Crippen molar-refractivity contribution in [1.29, 1.82) is 5.41 Å². The van der Waals surface area contributed by atoms with Crippen LogP contribution in [0.5, 0.6) is 0 Å². The Labute approximate surface area is 59.5 Å². The van der Waals surface area contributed by atoms with Gasteiger partial charge in [0, 0.05) is 19.5 Å². The van der Waals surface area contributed by atoms with Gasteiger partial charge < -0.3 is 16.0 Å². The summed E-state index contributed by atoms with van der Waals surface area (Å²) in [6.07, 6.45) is 3.05. The smallest absolute Gasteiger partial charge is 0.108 e. The molecule has 0 saturated heterocycles. The second-order valence-corrected chi connectivity index (χ2v) is 1.86. The minimum Gasteiger partial charge on any atom is -0.385 e. The minimum absolute atomic E-state index is 0.565. The lowest BCUT2D eigenvalue weighted by Crippen LogP contribution is -2.26. The maximum Gasteiger partial charge on any atom is 0.108 e. The normalized spacial score (nSPS) is 16.5. The molecular weight excluding hydrogens is 128 g/mol. The van der Waals surface area contributed by atoms with Crippen molar-refractivity contribution in [2.24, 2.45) is 4.99 Å². The van der Waals surface area contributed by atoms with E-state index in [9.17, 15) is 0 Å². The standard InChI is InChI=1S/C6H10N4/c1-8-6-3-9-4-10-5(6)2-7/h2-3,7-9H,4H2,1H3. The van der Waals surface area contributed by atoms with Gasteiger partial charge in [0.15, 0.2) is 0 Å². The third-order valence-corrected chi connectivity index (χ3v) is 1.27. The predicted molar refractivity (Wildman–Crippen MR) is 41.4 cm³/mol. The van der Waals surface area contributed by atoms with Gasteiger partial charge in [-0.2, -0.15) is 0 Å². The van der Waals surface area contributed by atoms with Gasteiger partial charge in [0.25, 0.3) is 0 Å². The molecule has 1 aliphatic heterocycles. The second kappa shape index (κ2) is 3.00. The van der Waals surface area contributed by atoms with Crippen LogP contribution in [0.3, 0.4) is 0 Å². The molecule has 0 aliphatic carbocycles. The number of hydrogen-bond acceptors (Lipinski definition) is 4. The Kier molecular flexibility index (Phi) is 2.04. The van der Waals surface area contributed by atoms with Crippen LogP contribution in [0.25, 0.3) is 0 Å². The number of hydrogen-bond donors (Lipinski definition) is 3. The molecule has 1 heterocycles. The van der Waals surface area contributed by atoms with Gasteiger partial charge in [-0.05, 0) is 0 Å². The van der Waals surface area contributed by atoms with E-state index in [0.29, 0.717) is 12.4 Å². The van der Waals surface area contributed by atoms with Crippen molar-refractivity contribution in [1.82, 2.24) is 10.6 Å². The molecule has 0 spiro atoms. The number of nitrogens with zero attached hydrogens (tertiary/aromatic N) is 1. The SMILES string of the molecule is CNC1=CNCN=C1C=N. The van der Waals surface area contributed by atoms with Crippen LogP contribution >= 0.6 is 0 Å². The summed E-state index contributed by atoms with van der Waals surface area (Å²) < 4.78 is 0. The van der Waals surface area contributed by atoms with Crippen LogP contribution in [-0.2, 0) is 0 Å². The fourth-order valence-corrected chi connectivity index (χ4v) is 0.761. The first kappa shape index (κ1) is 6.80. The summed E-state index contributed by atoms with van der Waals surface area (Å²) in [6, 6.07) is 0. The molecule has 54 valence electrons. The van der Waals surface area contributed by atoms with Crippen LogP contribution in [-0.4, -0.2) is 25.6 Å². The summed E-state index contributed by atoms with van der Waals surface area (Å²) >= 11 is 0. The van der Waals surface area contributed by atoms with Crippen LogP contribution in [0.15, 0.2) is 16.9 Å². The van der Waals surface area contributed by atoms with Gasteiger partial charge in [-0.3, -0.25) is 4.99 Å². The third-order valence-electron chi connectivity index (χ3n) is 1.27. The Balaban J connectivity index is 2.76. The topological polar surface area (TPSA) is 60.3 Å². The zero-order chi connectivity index (χ0) is 7.40. The molecule has 0 aromatic rings. The highest BCUT2D eigenvalue weighted by atomic mass is 15.1. The predicted octanol–water partition coefficient (Wildman–Crippen LogP) is -0.302. The van der Waals surface area contributed by atoms with Crippen molar-refractivity contribution < 1.29 is 0 Å². The Morgan fingerprint density at radius 1 is 1.90 bits per heavy atom. The zero-order valence-electron chi connectivity index (χ0n) is 5.81. The molecule has 0 saturated carbocycles. The van der Waals surface area contributed by atoms with Crippen molar-refractivity contribution in [3.05, 3.63) is 11.9 Å². The molecule has 3 N–H and O–H groups in total. The van der Waals surface area contributed by atoms with Gasteiger partial charge in [-0.1, -0.05) is 0 Å². The zero-order valence-corrected chi connectivity index (χ0v) is 5.81. The highest BCUT2D eigenvalue weighted by Gasteiger charge is 2.03. The van der Waals surface area contributed by atoms with Crippen molar-refractivity contribution >= 4 is 11.9 Å². The number of allylic oxidation sites excluding steroid dienone is 1. The van der Waals surface area contributed by atoms with Gasteiger partial charge >= 0.3 is 0 Å². The van der Waals surface area contributed by atoms with Crippen LogP contribution in [0.4, 0.5) is 0 Å². The molecule has 0 aromatic heterocycles. The molecule has 0 aromatic carbocycles. The van der Waals surface area contributed by atoms with Crippen molar-refractivity contribution in [3.63, 3.8) is 0 Å². The number of aliphatic imine (C=N–C) groups is 1. The van der Waals surface area contributed by atoms with Crippen molar-refractivity contribution in [2.45, 2.75) is 0 Å². The van der Waals surface area contributed by atoms with Gasteiger partial charge in [-0.25, -0.2) is 0 Å². The molecular formula is C6H10N4. The quantitative estimate of drug-likeness (QED) is 0.459. The van der Waals surface area contributed by atoms with Crippen LogP contribution in [0.2, 0.25) is 0 Å². The maximum atomic E-state index is 6.97. The van der Waals surface area contributed by atoms with E-state index in [1.54, 1.807) is 7.05 Å². The Morgan fingerprint density at radius 3 is 3.20 bits per heavy atom. The molecule has 0 unspecified atom stereocenters. The minimum atomic E-state index is 0.565. The lowest BCUT2D eigenvalue weighted by Gasteiger charge is -2.11. The molecule has 0 bridgehead atoms. The molecule has 0 amide bonds. The van der Waals surface area contributed by atoms with E-state index < -0.39 is 0 Å². The highest BCUT2D eigenvalue weighted by Crippen LogP contribution is 1.93. The fourth-order valence-electron chi connectivity index (χ4n) is 0.761. The van der Waals surface area contributed by atoms with E-state index in [4.69, 9.17) is 5.41 Å². The Bertz CT molecular complexity index is 192. The summed E-state index contributed by atoms with van der Waals surface area (Å²) in [5.41, 5.74) is 1.56. The molecule has 1 rings (SSSR count). The van der Waals surface area contributed by atoms with Crippen molar-refractivity contribution in [2.75, 3.05) is 13.7 Å². The average molecular weight is 138 g/mol. The van der Waals surface area contributed by atoms with Gasteiger partial charge in [-0.15, -0.1) is 0 Å². The molecule has 10 heavy (non-hydrogen) atoms. The lowest BCUT2D eigenvalue weighted by atomic mass is 10.3. The van der Waals surface area contributed by atoms with Gasteiger partial charge in [0.05, 0.1) is 5.70 Å². The largest absolute Gasteiger partial charge is 0.385 e. The summed E-state index contributed by atoms with van der Waals surface area (Å²) in [6.45, 7) is 0.565. The molecule has 1 aliphatic rings. The summed E-state index contributed by atoms with van der Waals surface area (Å²) in [7, 11) is 1.80. The van der Waals surface area contributed by atoms with E-state index in [-0.39, 0.29) is 0 Å². The Morgan fingerprint density at radius 2 is 2.70 bits per heavy atom. The van der Waals surface area contributed by atoms with Crippen LogP contribution in [0.1, 0.15) is 0 Å². The Hall–Kier alpha value is -1.32. The van der Waals surface area contributed by atoms with E-state index in [1.807, 2.05) is 6.20 Å². The fraction of sp³-hybridized carbons (Fsp3) is 0.333. The second-order valence-electron chi connectivity index (χ2n) is 1.86. The van der Waals surface area contributed by atoms with E-state index in [1.165, 1.54) is 6.21 Å². The molecule has 4 nitrogen and oxygen atoms in total. The molecule has 0 atom stereocenters. The monoisotopic (exact) mass is 138 g/mol. The highest BCUT2D eigenvalue weighted by molar-refractivity contribution is 6.37. The summed E-state index contributed by atoms with van der Waals surface area (Å²) in [5, 5.41) is 12.8. The van der Waals surface area contributed by atoms with E-state index in [2.05, 4.69) is 15.6 Å². The first-order valence-corrected chi connectivity index (χ1v) is 3.05. The lowest BCUT2D eigenvalue weighted by molar-refractivity contribution is 0.843. The van der Waals surface area contributed by atoms with Crippen LogP contribution in [0, 0.1) is 5.41 Å². The van der Waals surface area contributed by atoms with Gasteiger partial charge in [0.2, 0.25) is 0 Å². The summed E-state index contributed by atoms with van der Waals surface area (Å²) in [4.78, 5) is 4.03. The molecule has 4 heteroatoms. The molecule has 0 radical (unpaired) electrons. The van der Waals surface area contributed by atoms with Gasteiger partial charge in [0.1, 0.15) is 12.4 Å². The van der Waals surface area contributed by atoms with E-state index in [0.717, 1.165) is 5.70 Å². The third kappa shape index (κ3) is 1.15. The van der Waals surface area contributed by atoms with E-state index >= 15 is 0 Å².